The number of Topliss-reactive ketones (excluding diaryl/α,β-unsaturated/α-hetero) is 1. The molecule has 88 valence electrons. The molecule has 1 rings (SSSR count). The minimum Gasteiger partial charge on any atom is -0.344 e. The Kier molecular flexibility index (Phi) is 5.87. The molecule has 0 saturated heterocycles. The maximum Gasteiger partial charge on any atom is 0.0926 e. The zero-order valence-corrected chi connectivity index (χ0v) is 11.3. The molecule has 0 saturated carbocycles. The first-order valence-corrected chi connectivity index (χ1v) is 4.28. The van der Waals surface area contributed by atoms with Gasteiger partial charge in [-0.1, -0.05) is 25.0 Å². The molecule has 0 fully saturated rings. The van der Waals surface area contributed by atoms with Crippen molar-refractivity contribution in [3.8, 4) is 0 Å². The van der Waals surface area contributed by atoms with Crippen molar-refractivity contribution in [3.05, 3.63) is 60.8 Å². The molecule has 0 amide bonds. The van der Waals surface area contributed by atoms with Gasteiger partial charge in [-0.3, -0.25) is 0 Å². The number of carbonyl (C=O) groups excluding carboxylic acids is 1. The summed E-state index contributed by atoms with van der Waals surface area (Å²) in [5, 5.41) is 0. The fourth-order valence-corrected chi connectivity index (χ4v) is 1.15. The van der Waals surface area contributed by atoms with Gasteiger partial charge in [0.05, 0.1) is 5.78 Å². The van der Waals surface area contributed by atoms with Crippen LogP contribution in [0.4, 0.5) is 0 Å². The molecule has 0 bridgehead atoms. The molecule has 0 N–H and O–H groups in total. The molecule has 1 nitrogen and oxygen atoms in total. The Morgan fingerprint density at radius 3 is 2.07 bits per heavy atom. The fraction of sp³-hybridized carbons (Fsp3) is 0.154. The molecule has 0 atom stereocenters. The van der Waals surface area contributed by atoms with Crippen LogP contribution >= 0.6 is 0 Å². The molecule has 0 heterocycles. The predicted molar refractivity (Wildman–Crippen MR) is 60.7 cm³/mol. The molecule has 1 aliphatic rings. The summed E-state index contributed by atoms with van der Waals surface area (Å²) >= 11 is 0. The summed E-state index contributed by atoms with van der Waals surface area (Å²) in [6.07, 6.45) is 4.67. The predicted octanol–water partition coefficient (Wildman–Crippen LogP) is 3.18. The third kappa shape index (κ3) is 2.66. The Balaban J connectivity index is 0. The molecule has 0 unspecified atom stereocenters. The van der Waals surface area contributed by atoms with Crippen molar-refractivity contribution in [2.45, 2.75) is 13.8 Å². The van der Waals surface area contributed by atoms with Crippen LogP contribution in [0.3, 0.4) is 0 Å². The fourth-order valence-electron chi connectivity index (χ4n) is 1.15. The molecule has 0 aromatic heterocycles. The first-order chi connectivity index (χ1) is 6.57. The summed E-state index contributed by atoms with van der Waals surface area (Å²) in [6, 6.07) is 0. The number of hydrogen-bond acceptors (Lipinski definition) is 1. The summed E-state index contributed by atoms with van der Waals surface area (Å²) in [4.78, 5) is 11.5. The minimum atomic E-state index is -0.00463. The van der Waals surface area contributed by atoms with Gasteiger partial charge in [-0.25, -0.2) is 0 Å². The normalized spacial score (nSPS) is 16.4. The maximum absolute atomic E-state index is 11.5. The monoisotopic (exact) mass is 446 g/mol. The quantitative estimate of drug-likeness (QED) is 0.344. The van der Waals surface area contributed by atoms with Crippen LogP contribution in [0.25, 0.3) is 0 Å². The van der Waals surface area contributed by atoms with E-state index >= 15 is 0 Å². The van der Waals surface area contributed by atoms with E-state index in [2.05, 4.69) is 32.4 Å². The molecule has 0 aromatic rings. The van der Waals surface area contributed by atoms with Crippen molar-refractivity contribution >= 4 is 5.78 Å². The van der Waals surface area contributed by atoms with Crippen molar-refractivity contribution in [1.82, 2.24) is 0 Å². The smallest absolute Gasteiger partial charge is 0.0926 e. The van der Waals surface area contributed by atoms with E-state index in [0.717, 1.165) is 5.57 Å². The Morgan fingerprint density at radius 2 is 1.87 bits per heavy atom. The molecular weight excluding hydrogens is 431 g/mol. The molecule has 15 heavy (non-hydrogen) atoms. The van der Waals surface area contributed by atoms with Crippen molar-refractivity contribution in [3.63, 3.8) is 0 Å². The molecular formula is C13H15NoO-. The third-order valence-corrected chi connectivity index (χ3v) is 1.79. The molecule has 0 aliphatic heterocycles. The Bertz CT molecular complexity index is 346. The van der Waals surface area contributed by atoms with Crippen molar-refractivity contribution in [1.29, 1.82) is 0 Å². The standard InChI is InChI=1S/C11H11O.C2H4.No/c1-5-9-8(4)6-10(7(2)3)11(9)12;1-2;/h5H,2,4H2,1,3H3;1-2H2;/q-1;;/b9-5+;;. The van der Waals surface area contributed by atoms with Gasteiger partial charge >= 0.3 is 0 Å². The van der Waals surface area contributed by atoms with Crippen LogP contribution in [0.1, 0.15) is 13.8 Å². The summed E-state index contributed by atoms with van der Waals surface area (Å²) in [5.74, 6) is -0.00463. The van der Waals surface area contributed by atoms with E-state index in [1.54, 1.807) is 13.0 Å². The SMILES string of the molecule is C=C.C=C(C)C1=[C-]C(=C)/C(=C\C)C1=O.[No]. The van der Waals surface area contributed by atoms with Gasteiger partial charge in [-0.15, -0.1) is 43.0 Å². The molecule has 1 aliphatic carbocycles. The Labute approximate surface area is 85.8 Å². The third-order valence-electron chi connectivity index (χ3n) is 1.79. The van der Waals surface area contributed by atoms with Gasteiger partial charge in [-0.2, -0.15) is 6.58 Å². The van der Waals surface area contributed by atoms with Crippen LogP contribution in [0.5, 0.6) is 0 Å². The Morgan fingerprint density at radius 1 is 1.40 bits per heavy atom. The maximum atomic E-state index is 11.5. The van der Waals surface area contributed by atoms with Gasteiger partial charge in [0.25, 0.3) is 0 Å². The zero-order valence-electron chi connectivity index (χ0n) is 9.08. The van der Waals surface area contributed by atoms with Crippen molar-refractivity contribution < 1.29 is 4.79 Å². The van der Waals surface area contributed by atoms with Crippen LogP contribution in [0.15, 0.2) is 54.7 Å². The number of ketones is 1. The van der Waals surface area contributed by atoms with Crippen LogP contribution in [-0.4, -0.2) is 5.78 Å². The second kappa shape index (κ2) is 5.92. The number of allylic oxidation sites excluding steroid dienone is 6. The summed E-state index contributed by atoms with van der Waals surface area (Å²) in [5.41, 5.74) is 2.62. The van der Waals surface area contributed by atoms with Crippen LogP contribution in [0.2, 0.25) is 0 Å². The van der Waals surface area contributed by atoms with E-state index in [1.807, 2.05) is 6.92 Å². The Hall–Kier alpha value is -2.63. The minimum absolute atomic E-state index is 0. The summed E-state index contributed by atoms with van der Waals surface area (Å²) in [6.45, 7) is 17.0. The average Bonchev–Trinajstić information content (AvgIpc) is 2.45. The second-order valence-corrected chi connectivity index (χ2v) is 2.79. The number of rotatable bonds is 1. The number of hydrogen-bond donors (Lipinski definition) is 0. The van der Waals surface area contributed by atoms with Gasteiger partial charge < -0.3 is 4.79 Å². The van der Waals surface area contributed by atoms with Crippen molar-refractivity contribution in [2.24, 2.45) is 0 Å². The topological polar surface area (TPSA) is 17.1 Å². The molecule has 0 aromatic carbocycles. The zero-order chi connectivity index (χ0) is 11.3. The molecule has 2 heteroatoms. The van der Waals surface area contributed by atoms with E-state index in [4.69, 9.17) is 0 Å². The largest absolute Gasteiger partial charge is 0.344 e. The summed E-state index contributed by atoms with van der Waals surface area (Å²) < 4.78 is 0. The molecule has 0 spiro atoms. The van der Waals surface area contributed by atoms with Gasteiger partial charge in [0.2, 0.25) is 0 Å². The second-order valence-electron chi connectivity index (χ2n) is 2.79. The average molecular weight is 446 g/mol. The van der Waals surface area contributed by atoms with Gasteiger partial charge in [0.15, 0.2) is 0 Å². The first-order valence-electron chi connectivity index (χ1n) is 4.28. The first kappa shape index (κ1) is 14.9. The summed E-state index contributed by atoms with van der Waals surface area (Å²) in [7, 11) is 0. The molecule has 0 radical (unpaired) electrons. The van der Waals surface area contributed by atoms with Crippen molar-refractivity contribution in [2.75, 3.05) is 0 Å². The van der Waals surface area contributed by atoms with E-state index < -0.39 is 0 Å². The number of carbonyl (C=O) groups is 1. The van der Waals surface area contributed by atoms with Crippen LogP contribution in [-0.2, 0) is 4.79 Å². The van der Waals surface area contributed by atoms with Gasteiger partial charge in [0, 0.05) is 0 Å². The van der Waals surface area contributed by atoms with Crippen LogP contribution < -0.4 is 0 Å². The van der Waals surface area contributed by atoms with Gasteiger partial charge in [-0.05, 0) is 0 Å². The van der Waals surface area contributed by atoms with E-state index in [9.17, 15) is 4.79 Å². The van der Waals surface area contributed by atoms with E-state index in [-0.39, 0.29) is 5.78 Å². The van der Waals surface area contributed by atoms with Gasteiger partial charge in [0.1, 0.15) is 0 Å². The van der Waals surface area contributed by atoms with E-state index in [1.165, 1.54) is 0 Å². The van der Waals surface area contributed by atoms with Crippen LogP contribution in [0, 0.1) is 6.08 Å². The van der Waals surface area contributed by atoms with E-state index in [0.29, 0.717) is 16.7 Å².